The van der Waals surface area contributed by atoms with Crippen molar-refractivity contribution in [3.8, 4) is 11.3 Å². The molecule has 4 heterocycles. The minimum Gasteiger partial charge on any atom is -0.376 e. The van der Waals surface area contributed by atoms with Gasteiger partial charge in [0.25, 0.3) is 11.5 Å². The lowest BCUT2D eigenvalue weighted by atomic mass is 10.1. The summed E-state index contributed by atoms with van der Waals surface area (Å²) in [5.41, 5.74) is 1.99. The van der Waals surface area contributed by atoms with Crippen molar-refractivity contribution in [1.82, 2.24) is 19.3 Å². The molecule has 150 valence electrons. The largest absolute Gasteiger partial charge is 0.376 e. The highest BCUT2D eigenvalue weighted by molar-refractivity contribution is 6.04. The fourth-order valence-corrected chi connectivity index (χ4v) is 3.51. The Bertz CT molecular complexity index is 1080. The molecule has 1 aliphatic heterocycles. The average molecular weight is 393 g/mol. The minimum absolute atomic E-state index is 0.0189. The van der Waals surface area contributed by atoms with Crippen molar-refractivity contribution in [2.75, 3.05) is 11.9 Å². The summed E-state index contributed by atoms with van der Waals surface area (Å²) in [6.45, 7) is 2.94. The van der Waals surface area contributed by atoms with Crippen LogP contribution in [-0.4, -0.2) is 37.9 Å². The highest BCUT2D eigenvalue weighted by atomic mass is 16.5. The first-order valence-corrected chi connectivity index (χ1v) is 9.60. The van der Waals surface area contributed by atoms with E-state index < -0.39 is 5.91 Å². The molecule has 0 aliphatic carbocycles. The SMILES string of the molecule is Cc1ccn(CC2CCCO2)c(=O)c1C(=O)Nc1cc(-c2cccnc2)nn1C. The Morgan fingerprint density at radius 2 is 2.24 bits per heavy atom. The summed E-state index contributed by atoms with van der Waals surface area (Å²) in [6.07, 6.45) is 7.06. The Hall–Kier alpha value is -3.26. The summed E-state index contributed by atoms with van der Waals surface area (Å²) in [5.74, 6) is 0.0529. The summed E-state index contributed by atoms with van der Waals surface area (Å²) in [4.78, 5) is 30.0. The van der Waals surface area contributed by atoms with Crippen LogP contribution in [0.1, 0.15) is 28.8 Å². The van der Waals surface area contributed by atoms with E-state index >= 15 is 0 Å². The number of carbonyl (C=O) groups is 1. The van der Waals surface area contributed by atoms with Crippen molar-refractivity contribution in [1.29, 1.82) is 0 Å². The molecule has 8 heteroatoms. The zero-order chi connectivity index (χ0) is 20.4. The van der Waals surface area contributed by atoms with Crippen LogP contribution in [0.2, 0.25) is 0 Å². The molecule has 1 N–H and O–H groups in total. The molecule has 1 unspecified atom stereocenters. The van der Waals surface area contributed by atoms with Gasteiger partial charge in [-0.15, -0.1) is 0 Å². The van der Waals surface area contributed by atoms with Crippen molar-refractivity contribution in [2.45, 2.75) is 32.4 Å². The van der Waals surface area contributed by atoms with Gasteiger partial charge in [0.05, 0.1) is 18.3 Å². The first-order valence-electron chi connectivity index (χ1n) is 9.60. The van der Waals surface area contributed by atoms with E-state index in [1.165, 1.54) is 0 Å². The van der Waals surface area contributed by atoms with Gasteiger partial charge in [-0.1, -0.05) is 0 Å². The summed E-state index contributed by atoms with van der Waals surface area (Å²) < 4.78 is 8.75. The Morgan fingerprint density at radius 1 is 1.38 bits per heavy atom. The van der Waals surface area contributed by atoms with Gasteiger partial charge in [-0.05, 0) is 43.5 Å². The Balaban J connectivity index is 1.59. The molecule has 1 amide bonds. The van der Waals surface area contributed by atoms with E-state index in [9.17, 15) is 9.59 Å². The topological polar surface area (TPSA) is 91.0 Å². The number of amides is 1. The van der Waals surface area contributed by atoms with Crippen LogP contribution in [0.4, 0.5) is 5.82 Å². The van der Waals surface area contributed by atoms with E-state index in [-0.39, 0.29) is 17.2 Å². The van der Waals surface area contributed by atoms with Crippen molar-refractivity contribution < 1.29 is 9.53 Å². The third-order valence-corrected chi connectivity index (χ3v) is 5.10. The van der Waals surface area contributed by atoms with Crippen molar-refractivity contribution in [2.24, 2.45) is 7.05 Å². The number of anilines is 1. The molecule has 0 bridgehead atoms. The van der Waals surface area contributed by atoms with E-state index in [0.717, 1.165) is 25.0 Å². The summed E-state index contributed by atoms with van der Waals surface area (Å²) in [6, 6.07) is 7.27. The van der Waals surface area contributed by atoms with Crippen LogP contribution < -0.4 is 10.9 Å². The maximum Gasteiger partial charge on any atom is 0.263 e. The average Bonchev–Trinajstić information content (AvgIpc) is 3.35. The van der Waals surface area contributed by atoms with Gasteiger partial charge in [-0.3, -0.25) is 19.3 Å². The highest BCUT2D eigenvalue weighted by Crippen LogP contribution is 2.21. The molecule has 3 aromatic rings. The lowest BCUT2D eigenvalue weighted by molar-refractivity contribution is 0.0952. The predicted molar refractivity (Wildman–Crippen MR) is 109 cm³/mol. The second-order valence-electron chi connectivity index (χ2n) is 7.20. The Kier molecular flexibility index (Phi) is 5.26. The lowest BCUT2D eigenvalue weighted by Gasteiger charge is -2.14. The maximum atomic E-state index is 12.9. The van der Waals surface area contributed by atoms with Crippen molar-refractivity contribution in [3.05, 3.63) is 64.3 Å². The van der Waals surface area contributed by atoms with Crippen LogP contribution >= 0.6 is 0 Å². The standard InChI is InChI=1S/C21H23N5O3/c1-14-7-9-26(13-16-6-4-10-29-16)21(28)19(14)20(27)23-18-11-17(24-25(18)2)15-5-3-8-22-12-15/h3,5,7-9,11-12,16H,4,6,10,13H2,1-2H3,(H,23,27). The number of hydrogen-bond donors (Lipinski definition) is 1. The number of nitrogens with zero attached hydrogens (tertiary/aromatic N) is 4. The van der Waals surface area contributed by atoms with Gasteiger partial charge in [0.1, 0.15) is 11.4 Å². The van der Waals surface area contributed by atoms with Crippen LogP contribution in [-0.2, 0) is 18.3 Å². The van der Waals surface area contributed by atoms with Crippen LogP contribution in [0.3, 0.4) is 0 Å². The van der Waals surface area contributed by atoms with Crippen molar-refractivity contribution in [3.63, 3.8) is 0 Å². The van der Waals surface area contributed by atoms with Crippen LogP contribution in [0.15, 0.2) is 47.7 Å². The third-order valence-electron chi connectivity index (χ3n) is 5.10. The zero-order valence-corrected chi connectivity index (χ0v) is 16.5. The first kappa shape index (κ1) is 19.1. The molecule has 0 radical (unpaired) electrons. The Labute approximate surface area is 168 Å². The second kappa shape index (κ2) is 8.00. The molecule has 0 aromatic carbocycles. The third kappa shape index (κ3) is 3.97. The number of carbonyl (C=O) groups excluding carboxylic acids is 1. The predicted octanol–water partition coefficient (Wildman–Crippen LogP) is 2.38. The van der Waals surface area contributed by atoms with Gasteiger partial charge < -0.3 is 14.6 Å². The molecule has 1 saturated heterocycles. The molecule has 0 saturated carbocycles. The molecule has 29 heavy (non-hydrogen) atoms. The molecule has 3 aromatic heterocycles. The molecular formula is C21H23N5O3. The minimum atomic E-state index is -0.449. The first-order chi connectivity index (χ1) is 14.0. The lowest BCUT2D eigenvalue weighted by Crippen LogP contribution is -2.33. The van der Waals surface area contributed by atoms with Gasteiger partial charge in [-0.25, -0.2) is 0 Å². The summed E-state index contributed by atoms with van der Waals surface area (Å²) >= 11 is 0. The van der Waals surface area contributed by atoms with E-state index in [1.807, 2.05) is 12.1 Å². The van der Waals surface area contributed by atoms with E-state index in [1.54, 1.807) is 53.9 Å². The van der Waals surface area contributed by atoms with Gasteiger partial charge in [0.15, 0.2) is 0 Å². The number of nitrogens with one attached hydrogen (secondary N) is 1. The molecule has 4 rings (SSSR count). The van der Waals surface area contributed by atoms with Gasteiger partial charge in [0.2, 0.25) is 0 Å². The monoisotopic (exact) mass is 393 g/mol. The maximum absolute atomic E-state index is 12.9. The quantitative estimate of drug-likeness (QED) is 0.719. The normalized spacial score (nSPS) is 16.1. The highest BCUT2D eigenvalue weighted by Gasteiger charge is 2.21. The molecule has 8 nitrogen and oxygen atoms in total. The van der Waals surface area contributed by atoms with E-state index in [4.69, 9.17) is 4.74 Å². The van der Waals surface area contributed by atoms with Crippen LogP contribution in [0, 0.1) is 6.92 Å². The number of ether oxygens (including phenoxy) is 1. The number of hydrogen-bond acceptors (Lipinski definition) is 5. The number of pyridine rings is 2. The summed E-state index contributed by atoms with van der Waals surface area (Å²) in [5, 5.41) is 7.24. The molecule has 1 aliphatic rings. The fourth-order valence-electron chi connectivity index (χ4n) is 3.51. The summed E-state index contributed by atoms with van der Waals surface area (Å²) in [7, 11) is 1.74. The van der Waals surface area contributed by atoms with Crippen LogP contribution in [0.5, 0.6) is 0 Å². The smallest absolute Gasteiger partial charge is 0.263 e. The van der Waals surface area contributed by atoms with E-state index in [2.05, 4.69) is 15.4 Å². The van der Waals surface area contributed by atoms with Gasteiger partial charge in [-0.2, -0.15) is 5.10 Å². The van der Waals surface area contributed by atoms with E-state index in [0.29, 0.717) is 23.6 Å². The fraction of sp³-hybridized carbons (Fsp3) is 0.333. The van der Waals surface area contributed by atoms with Crippen molar-refractivity contribution >= 4 is 11.7 Å². The van der Waals surface area contributed by atoms with Gasteiger partial charge in [0, 0.05) is 43.9 Å². The number of aromatic nitrogens is 4. The Morgan fingerprint density at radius 3 is 2.97 bits per heavy atom. The number of rotatable bonds is 5. The molecule has 1 atom stereocenters. The molecule has 0 spiro atoms. The van der Waals surface area contributed by atoms with Gasteiger partial charge >= 0.3 is 0 Å². The molecule has 1 fully saturated rings. The zero-order valence-electron chi connectivity index (χ0n) is 16.5. The number of aryl methyl sites for hydroxylation is 2. The molecular weight excluding hydrogens is 370 g/mol. The van der Waals surface area contributed by atoms with Crippen LogP contribution in [0.25, 0.3) is 11.3 Å². The second-order valence-corrected chi connectivity index (χ2v) is 7.20.